The molecule has 1 fully saturated rings. The zero-order chi connectivity index (χ0) is 13.2. The molecule has 18 heavy (non-hydrogen) atoms. The second-order valence-electron chi connectivity index (χ2n) is 4.76. The Kier molecular flexibility index (Phi) is 4.86. The van der Waals surface area contributed by atoms with E-state index in [1.54, 1.807) is 11.3 Å². The van der Waals surface area contributed by atoms with Crippen LogP contribution in [0.1, 0.15) is 18.2 Å². The maximum Gasteiger partial charge on any atom is 0.150 e. The summed E-state index contributed by atoms with van der Waals surface area (Å²) in [6.07, 6.45) is 1.72. The molecular formula is C12H18BrNO2S2. The molecule has 1 N–H and O–H groups in total. The van der Waals surface area contributed by atoms with E-state index in [9.17, 15) is 8.42 Å². The van der Waals surface area contributed by atoms with E-state index in [0.717, 1.165) is 23.9 Å². The normalized spacial score (nSPS) is 24.2. The molecule has 2 unspecified atom stereocenters. The van der Waals surface area contributed by atoms with Crippen molar-refractivity contribution in [2.45, 2.75) is 25.8 Å². The van der Waals surface area contributed by atoms with Crippen LogP contribution >= 0.6 is 27.3 Å². The fourth-order valence-electron chi connectivity index (χ4n) is 2.49. The summed E-state index contributed by atoms with van der Waals surface area (Å²) < 4.78 is 24.3. The van der Waals surface area contributed by atoms with Crippen LogP contribution in [0.3, 0.4) is 0 Å². The predicted octanol–water partition coefficient (Wildman–Crippen LogP) is 2.47. The van der Waals surface area contributed by atoms with Crippen molar-refractivity contribution in [1.29, 1.82) is 0 Å². The Bertz CT molecular complexity index is 498. The zero-order valence-electron chi connectivity index (χ0n) is 10.4. The molecule has 3 nitrogen and oxygen atoms in total. The van der Waals surface area contributed by atoms with Gasteiger partial charge in [0.15, 0.2) is 9.84 Å². The van der Waals surface area contributed by atoms with Crippen molar-refractivity contribution in [3.05, 3.63) is 20.8 Å². The van der Waals surface area contributed by atoms with Gasteiger partial charge in [0, 0.05) is 20.8 Å². The highest BCUT2D eigenvalue weighted by Gasteiger charge is 2.33. The van der Waals surface area contributed by atoms with Crippen LogP contribution in [0.15, 0.2) is 15.9 Å². The van der Waals surface area contributed by atoms with E-state index in [1.165, 1.54) is 4.88 Å². The Labute approximate surface area is 121 Å². The molecule has 0 amide bonds. The number of hydrogen-bond donors (Lipinski definition) is 1. The van der Waals surface area contributed by atoms with Crippen LogP contribution in [0.25, 0.3) is 0 Å². The van der Waals surface area contributed by atoms with Gasteiger partial charge in [0.2, 0.25) is 0 Å². The van der Waals surface area contributed by atoms with E-state index in [0.29, 0.717) is 11.5 Å². The minimum Gasteiger partial charge on any atom is -0.314 e. The molecule has 0 aromatic carbocycles. The molecule has 1 aliphatic heterocycles. The van der Waals surface area contributed by atoms with Gasteiger partial charge in [-0.05, 0) is 47.3 Å². The lowest BCUT2D eigenvalue weighted by Gasteiger charge is -2.22. The van der Waals surface area contributed by atoms with Gasteiger partial charge >= 0.3 is 0 Å². The number of rotatable bonds is 5. The molecule has 1 aliphatic rings. The second kappa shape index (κ2) is 6.03. The van der Waals surface area contributed by atoms with E-state index in [4.69, 9.17) is 0 Å². The number of hydrogen-bond acceptors (Lipinski definition) is 4. The van der Waals surface area contributed by atoms with E-state index >= 15 is 0 Å². The van der Waals surface area contributed by atoms with Gasteiger partial charge in [-0.2, -0.15) is 0 Å². The molecule has 0 spiro atoms. The van der Waals surface area contributed by atoms with Crippen LogP contribution in [0.2, 0.25) is 0 Å². The topological polar surface area (TPSA) is 46.2 Å². The highest BCUT2D eigenvalue weighted by molar-refractivity contribution is 9.10. The molecule has 6 heteroatoms. The number of likely N-dealkylation sites (N-methyl/N-ethyl adjacent to an activating group) is 1. The van der Waals surface area contributed by atoms with Crippen molar-refractivity contribution in [2.75, 3.05) is 18.1 Å². The summed E-state index contributed by atoms with van der Waals surface area (Å²) in [6, 6.07) is 2.40. The first kappa shape index (κ1) is 14.5. The third-order valence-electron chi connectivity index (χ3n) is 3.35. The minimum absolute atomic E-state index is 0.260. The van der Waals surface area contributed by atoms with Crippen molar-refractivity contribution in [1.82, 2.24) is 5.32 Å². The number of sulfone groups is 1. The maximum absolute atomic E-state index is 11.6. The number of nitrogens with one attached hydrogen (secondary N) is 1. The number of halogens is 1. The summed E-state index contributed by atoms with van der Waals surface area (Å²) in [5.41, 5.74) is 0. The molecule has 1 saturated heterocycles. The molecule has 0 radical (unpaired) electrons. The van der Waals surface area contributed by atoms with Gasteiger partial charge in [-0.15, -0.1) is 11.3 Å². The summed E-state index contributed by atoms with van der Waals surface area (Å²) >= 11 is 5.18. The van der Waals surface area contributed by atoms with Crippen LogP contribution in [0.4, 0.5) is 0 Å². The van der Waals surface area contributed by atoms with Crippen molar-refractivity contribution < 1.29 is 8.42 Å². The van der Waals surface area contributed by atoms with Gasteiger partial charge in [0.1, 0.15) is 0 Å². The third kappa shape index (κ3) is 3.79. The van der Waals surface area contributed by atoms with Crippen LogP contribution in [-0.4, -0.2) is 32.5 Å². The fraction of sp³-hybridized carbons (Fsp3) is 0.667. The van der Waals surface area contributed by atoms with Crippen molar-refractivity contribution in [3.63, 3.8) is 0 Å². The molecule has 0 aliphatic carbocycles. The Hall–Kier alpha value is 0.0900. The average molecular weight is 352 g/mol. The van der Waals surface area contributed by atoms with Gasteiger partial charge < -0.3 is 5.32 Å². The van der Waals surface area contributed by atoms with E-state index in [1.807, 2.05) is 0 Å². The monoisotopic (exact) mass is 351 g/mol. The van der Waals surface area contributed by atoms with E-state index in [-0.39, 0.29) is 12.0 Å². The lowest BCUT2D eigenvalue weighted by molar-refractivity contribution is 0.388. The summed E-state index contributed by atoms with van der Waals surface area (Å²) in [4.78, 5) is 1.30. The average Bonchev–Trinajstić information content (AvgIpc) is 2.84. The summed E-state index contributed by atoms with van der Waals surface area (Å²) in [5, 5.41) is 5.52. The van der Waals surface area contributed by atoms with Crippen LogP contribution < -0.4 is 5.32 Å². The van der Waals surface area contributed by atoms with Gasteiger partial charge in [-0.1, -0.05) is 6.92 Å². The SMILES string of the molecule is CCNC(Cc1cc(Br)cs1)C1CCS(=O)(=O)C1. The standard InChI is InChI=1S/C12H18BrNO2S2/c1-2-14-12(6-11-5-10(13)7-17-11)9-3-4-18(15,16)8-9/h5,7,9,12,14H,2-4,6,8H2,1H3. The maximum atomic E-state index is 11.6. The van der Waals surface area contributed by atoms with E-state index < -0.39 is 9.84 Å². The van der Waals surface area contributed by atoms with Crippen LogP contribution in [0, 0.1) is 5.92 Å². The molecule has 0 bridgehead atoms. The molecule has 2 rings (SSSR count). The third-order valence-corrected chi connectivity index (χ3v) is 6.86. The molecular weight excluding hydrogens is 334 g/mol. The second-order valence-corrected chi connectivity index (χ2v) is 8.90. The molecule has 102 valence electrons. The van der Waals surface area contributed by atoms with Crippen molar-refractivity contribution >= 4 is 37.1 Å². The minimum atomic E-state index is -2.79. The van der Waals surface area contributed by atoms with E-state index in [2.05, 4.69) is 39.6 Å². The zero-order valence-corrected chi connectivity index (χ0v) is 13.6. The van der Waals surface area contributed by atoms with Crippen molar-refractivity contribution in [3.8, 4) is 0 Å². The quantitative estimate of drug-likeness (QED) is 0.886. The summed E-state index contributed by atoms with van der Waals surface area (Å²) in [7, 11) is -2.79. The predicted molar refractivity (Wildman–Crippen MR) is 79.9 cm³/mol. The van der Waals surface area contributed by atoms with Crippen molar-refractivity contribution in [2.24, 2.45) is 5.92 Å². The highest BCUT2D eigenvalue weighted by Crippen LogP contribution is 2.27. The van der Waals surface area contributed by atoms with Gasteiger partial charge in [0.05, 0.1) is 11.5 Å². The Balaban J connectivity index is 2.04. The van der Waals surface area contributed by atoms with Gasteiger partial charge in [-0.3, -0.25) is 0 Å². The number of thiophene rings is 1. The molecule has 1 aromatic heterocycles. The van der Waals surface area contributed by atoms with Gasteiger partial charge in [0.25, 0.3) is 0 Å². The van der Waals surface area contributed by atoms with Crippen LogP contribution in [-0.2, 0) is 16.3 Å². The summed E-state index contributed by atoms with van der Waals surface area (Å²) in [5.74, 6) is 0.959. The first-order valence-corrected chi connectivity index (χ1v) is 9.66. The lowest BCUT2D eigenvalue weighted by atomic mass is 9.96. The molecule has 2 heterocycles. The molecule has 2 atom stereocenters. The highest BCUT2D eigenvalue weighted by atomic mass is 79.9. The summed E-state index contributed by atoms with van der Waals surface area (Å²) in [6.45, 7) is 2.95. The molecule has 1 aromatic rings. The lowest BCUT2D eigenvalue weighted by Crippen LogP contribution is -2.38. The Morgan fingerprint density at radius 1 is 1.61 bits per heavy atom. The molecule has 0 saturated carbocycles. The smallest absolute Gasteiger partial charge is 0.150 e. The first-order chi connectivity index (χ1) is 8.50. The first-order valence-electron chi connectivity index (χ1n) is 6.17. The van der Waals surface area contributed by atoms with Gasteiger partial charge in [-0.25, -0.2) is 8.42 Å². The Morgan fingerprint density at radius 2 is 2.39 bits per heavy atom. The fourth-order valence-corrected chi connectivity index (χ4v) is 5.88. The van der Waals surface area contributed by atoms with Crippen LogP contribution in [0.5, 0.6) is 0 Å². The largest absolute Gasteiger partial charge is 0.314 e. The Morgan fingerprint density at radius 3 is 2.89 bits per heavy atom.